The van der Waals surface area contributed by atoms with Crippen LogP contribution in [0.4, 0.5) is 0 Å². The Hall–Kier alpha value is -0.920. The van der Waals surface area contributed by atoms with Crippen molar-refractivity contribution in [3.05, 3.63) is 12.2 Å². The minimum atomic E-state index is -3.64. The molecule has 5 aliphatic carbocycles. The molecule has 6 fully saturated rings. The number of ether oxygens (including phenoxy) is 1. The van der Waals surface area contributed by atoms with Crippen LogP contribution in [0.2, 0.25) is 0 Å². The summed E-state index contributed by atoms with van der Waals surface area (Å²) in [6, 6.07) is 0. The average Bonchev–Trinajstić information content (AvgIpc) is 3.25. The van der Waals surface area contributed by atoms with E-state index < -0.39 is 10.3 Å². The summed E-state index contributed by atoms with van der Waals surface area (Å²) in [5, 5.41) is 0. The molecule has 1 saturated heterocycles. The third kappa shape index (κ3) is 3.24. The first-order chi connectivity index (χ1) is 17.7. The smallest absolute Gasteiger partial charge is 0.336 e. The van der Waals surface area contributed by atoms with Gasteiger partial charge < -0.3 is 4.74 Å². The Bertz CT molecular complexity index is 1150. The molecule has 6 rings (SSSR count). The van der Waals surface area contributed by atoms with Crippen LogP contribution >= 0.6 is 0 Å². The van der Waals surface area contributed by atoms with E-state index in [2.05, 4.69) is 45.9 Å². The second-order valence-electron chi connectivity index (χ2n) is 15.2. The minimum absolute atomic E-state index is 0.0160. The minimum Gasteiger partial charge on any atom is -0.469 e. The number of allylic oxidation sites excluding steroid dienone is 1. The van der Waals surface area contributed by atoms with Gasteiger partial charge in [-0.1, -0.05) is 39.8 Å². The zero-order valence-electron chi connectivity index (χ0n) is 24.4. The van der Waals surface area contributed by atoms with Crippen molar-refractivity contribution >= 4 is 16.3 Å². The van der Waals surface area contributed by atoms with E-state index in [0.717, 1.165) is 57.8 Å². The predicted molar refractivity (Wildman–Crippen MR) is 147 cm³/mol. The number of hydrogen-bond acceptors (Lipinski definition) is 5. The van der Waals surface area contributed by atoms with Gasteiger partial charge in [0.15, 0.2) is 0 Å². The number of methoxy groups -OCH3 is 1. The second-order valence-corrected chi connectivity index (χ2v) is 16.6. The van der Waals surface area contributed by atoms with Gasteiger partial charge in [0.05, 0.1) is 18.6 Å². The Morgan fingerprint density at radius 3 is 2.32 bits per heavy atom. The van der Waals surface area contributed by atoms with Gasteiger partial charge in [0.2, 0.25) is 0 Å². The summed E-state index contributed by atoms with van der Waals surface area (Å²) in [4.78, 5) is 13.4. The highest BCUT2D eigenvalue weighted by atomic mass is 32.2. The maximum atomic E-state index is 13.4. The van der Waals surface area contributed by atoms with E-state index in [-0.39, 0.29) is 39.1 Å². The van der Waals surface area contributed by atoms with Crippen molar-refractivity contribution in [3.63, 3.8) is 0 Å². The molecular formula is C31H49NO5S. The van der Waals surface area contributed by atoms with Crippen molar-refractivity contribution in [1.82, 2.24) is 4.72 Å². The maximum absolute atomic E-state index is 13.4. The van der Waals surface area contributed by atoms with E-state index >= 15 is 0 Å². The molecule has 1 aliphatic heterocycles. The highest BCUT2D eigenvalue weighted by Gasteiger charge is 2.72. The predicted octanol–water partition coefficient (Wildman–Crippen LogP) is 6.03. The van der Waals surface area contributed by atoms with Crippen LogP contribution < -0.4 is 4.72 Å². The molecule has 5 saturated carbocycles. The Morgan fingerprint density at radius 1 is 0.895 bits per heavy atom. The monoisotopic (exact) mass is 547 g/mol. The molecule has 0 unspecified atom stereocenters. The molecule has 11 atom stereocenters. The van der Waals surface area contributed by atoms with E-state index in [1.165, 1.54) is 12.0 Å². The third-order valence-electron chi connectivity index (χ3n) is 14.3. The van der Waals surface area contributed by atoms with Crippen LogP contribution in [0.5, 0.6) is 0 Å². The lowest BCUT2D eigenvalue weighted by Gasteiger charge is -2.73. The number of rotatable bonds is 2. The van der Waals surface area contributed by atoms with Gasteiger partial charge in [-0.3, -0.25) is 8.98 Å². The summed E-state index contributed by atoms with van der Waals surface area (Å²) >= 11 is 0. The number of carbonyl (C=O) groups is 1. The van der Waals surface area contributed by atoms with Crippen molar-refractivity contribution in [2.45, 2.75) is 105 Å². The molecule has 0 aromatic heterocycles. The fourth-order valence-corrected chi connectivity index (χ4v) is 13.5. The van der Waals surface area contributed by atoms with Crippen molar-refractivity contribution in [2.24, 2.45) is 56.7 Å². The fourth-order valence-electron chi connectivity index (χ4n) is 12.3. The molecule has 1 heterocycles. The summed E-state index contributed by atoms with van der Waals surface area (Å²) in [5.74, 6) is 2.25. The number of hydrogen-bond donors (Lipinski definition) is 1. The van der Waals surface area contributed by atoms with Gasteiger partial charge in [0, 0.05) is 12.0 Å². The van der Waals surface area contributed by atoms with Crippen molar-refractivity contribution in [3.8, 4) is 0 Å². The Balaban J connectivity index is 1.37. The van der Waals surface area contributed by atoms with Gasteiger partial charge in [-0.15, -0.1) is 0 Å². The summed E-state index contributed by atoms with van der Waals surface area (Å²) in [6.07, 6.45) is 10.2. The van der Waals surface area contributed by atoms with Crippen LogP contribution in [0, 0.1) is 56.7 Å². The largest absolute Gasteiger partial charge is 0.469 e. The zero-order valence-corrected chi connectivity index (χ0v) is 25.2. The van der Waals surface area contributed by atoms with Crippen LogP contribution in [0.25, 0.3) is 0 Å². The first-order valence-corrected chi connectivity index (χ1v) is 16.5. The molecule has 0 radical (unpaired) electrons. The molecule has 6 nitrogen and oxygen atoms in total. The molecule has 0 aromatic rings. The first kappa shape index (κ1) is 27.3. The van der Waals surface area contributed by atoms with Crippen molar-refractivity contribution in [1.29, 1.82) is 0 Å². The molecule has 0 amide bonds. The van der Waals surface area contributed by atoms with Gasteiger partial charge in [-0.05, 0) is 117 Å². The Labute approximate surface area is 230 Å². The van der Waals surface area contributed by atoms with Crippen molar-refractivity contribution in [2.75, 3.05) is 13.7 Å². The number of carbonyl (C=O) groups excluding carboxylic acids is 1. The van der Waals surface area contributed by atoms with E-state index in [4.69, 9.17) is 8.92 Å². The molecule has 1 N–H and O–H groups in total. The van der Waals surface area contributed by atoms with E-state index in [1.54, 1.807) is 7.11 Å². The molecule has 38 heavy (non-hydrogen) atoms. The average molecular weight is 548 g/mol. The van der Waals surface area contributed by atoms with Crippen LogP contribution in [0.15, 0.2) is 12.2 Å². The fraction of sp³-hybridized carbons (Fsp3) is 0.903. The van der Waals surface area contributed by atoms with E-state index in [1.807, 2.05) is 0 Å². The highest BCUT2D eigenvalue weighted by Crippen LogP contribution is 2.77. The number of fused-ring (bicyclic) bond motifs is 9. The molecule has 7 heteroatoms. The lowest BCUT2D eigenvalue weighted by atomic mass is 9.32. The number of esters is 1. The van der Waals surface area contributed by atoms with Crippen molar-refractivity contribution < 1.29 is 22.1 Å². The molecule has 0 spiro atoms. The summed E-state index contributed by atoms with van der Waals surface area (Å²) in [7, 11) is -2.07. The quantitative estimate of drug-likeness (QED) is 0.337. The van der Waals surface area contributed by atoms with Gasteiger partial charge in [0.25, 0.3) is 0 Å². The second kappa shape index (κ2) is 8.31. The van der Waals surface area contributed by atoms with Gasteiger partial charge >= 0.3 is 16.3 Å². The van der Waals surface area contributed by atoms with Crippen LogP contribution in [-0.4, -0.2) is 34.1 Å². The Morgan fingerprint density at radius 2 is 1.63 bits per heavy atom. The number of nitrogens with one attached hydrogen (secondary N) is 1. The van der Waals surface area contributed by atoms with Crippen LogP contribution in [-0.2, 0) is 24.0 Å². The Kier molecular flexibility index (Phi) is 5.96. The van der Waals surface area contributed by atoms with Gasteiger partial charge in [-0.2, -0.15) is 13.1 Å². The van der Waals surface area contributed by atoms with E-state index in [9.17, 15) is 13.2 Å². The maximum Gasteiger partial charge on any atom is 0.336 e. The highest BCUT2D eigenvalue weighted by molar-refractivity contribution is 7.84. The molecule has 6 aliphatic rings. The standard InChI is InChI=1S/C31H49NO5S/c1-19(2)20-10-15-31(26(33)36-7)17-16-29(5)21(25(20)31)8-9-23-27(3)13-12-24-28(4,18-32-38(34,35)37-24)22(27)11-14-30(23,29)6/h20-25,32H,1,8-18H2,2-7H3/t20-,21+,22+,23+,24-,25+,27-,28-,29+,30+,31-/m0/s1. The van der Waals surface area contributed by atoms with E-state index in [0.29, 0.717) is 36.1 Å². The van der Waals surface area contributed by atoms with Gasteiger partial charge in [0.1, 0.15) is 0 Å². The van der Waals surface area contributed by atoms with Crippen LogP contribution in [0.3, 0.4) is 0 Å². The SMILES string of the molecule is C=C(C)[C@@H]1CC[C@]2(C(=O)OC)CC[C@]3(C)[C@H](CC[C@@H]4[C@@]5(C)CC[C@@H]6OS(=O)(=O)NC[C@@]6(C)[C@@H]5CC[C@]43C)[C@@H]12. The molecule has 0 aromatic carbocycles. The third-order valence-corrected chi connectivity index (χ3v) is 15.3. The normalized spacial score (nSPS) is 54.9. The lowest BCUT2D eigenvalue weighted by Crippen LogP contribution is -2.69. The molecule has 214 valence electrons. The lowest BCUT2D eigenvalue weighted by molar-refractivity contribution is -0.249. The molecular weight excluding hydrogens is 498 g/mol. The van der Waals surface area contributed by atoms with Crippen LogP contribution in [0.1, 0.15) is 98.8 Å². The topological polar surface area (TPSA) is 81.7 Å². The summed E-state index contributed by atoms with van der Waals surface area (Å²) in [5.41, 5.74) is 1.20. The zero-order chi connectivity index (χ0) is 27.5. The summed E-state index contributed by atoms with van der Waals surface area (Å²) in [6.45, 7) is 17.0. The summed E-state index contributed by atoms with van der Waals surface area (Å²) < 4.78 is 38.4. The molecule has 0 bridgehead atoms. The van der Waals surface area contributed by atoms with Gasteiger partial charge in [-0.25, -0.2) is 0 Å². The first-order valence-electron chi connectivity index (χ1n) is 15.1.